The summed E-state index contributed by atoms with van der Waals surface area (Å²) in [6.07, 6.45) is 7.03. The normalized spacial score (nSPS) is 20.6. The highest BCUT2D eigenvalue weighted by Crippen LogP contribution is 2.19. The SMILES string of the molecule is Cc1cc(C(=O)NC2CCC(N)CC2)ccc1-n1cncn1.Cl. The van der Waals surface area contributed by atoms with E-state index in [2.05, 4.69) is 15.4 Å². The van der Waals surface area contributed by atoms with E-state index in [1.165, 1.54) is 6.33 Å². The van der Waals surface area contributed by atoms with Crippen LogP contribution in [-0.2, 0) is 0 Å². The number of nitrogens with two attached hydrogens (primary N) is 1. The van der Waals surface area contributed by atoms with E-state index in [9.17, 15) is 4.79 Å². The number of rotatable bonds is 3. The molecule has 124 valence electrons. The van der Waals surface area contributed by atoms with Gasteiger partial charge in [0.1, 0.15) is 12.7 Å². The van der Waals surface area contributed by atoms with Crippen LogP contribution in [0.15, 0.2) is 30.9 Å². The van der Waals surface area contributed by atoms with Crippen molar-refractivity contribution < 1.29 is 4.79 Å². The van der Waals surface area contributed by atoms with Crippen molar-refractivity contribution in [3.8, 4) is 5.69 Å². The second-order valence-electron chi connectivity index (χ2n) is 5.93. The van der Waals surface area contributed by atoms with Crippen molar-refractivity contribution in [2.24, 2.45) is 5.73 Å². The number of nitrogens with zero attached hydrogens (tertiary/aromatic N) is 3. The molecule has 1 saturated carbocycles. The van der Waals surface area contributed by atoms with Gasteiger partial charge < -0.3 is 11.1 Å². The Bertz CT molecular complexity index is 650. The van der Waals surface area contributed by atoms with Crippen molar-refractivity contribution in [3.05, 3.63) is 42.0 Å². The molecule has 1 fully saturated rings. The highest BCUT2D eigenvalue weighted by atomic mass is 35.5. The van der Waals surface area contributed by atoms with E-state index in [1.807, 2.05) is 25.1 Å². The number of hydrogen-bond acceptors (Lipinski definition) is 4. The fourth-order valence-electron chi connectivity index (χ4n) is 2.92. The quantitative estimate of drug-likeness (QED) is 0.898. The Morgan fingerprint density at radius 1 is 1.30 bits per heavy atom. The van der Waals surface area contributed by atoms with E-state index in [0.717, 1.165) is 36.9 Å². The summed E-state index contributed by atoms with van der Waals surface area (Å²) < 4.78 is 1.69. The smallest absolute Gasteiger partial charge is 0.251 e. The van der Waals surface area contributed by atoms with Crippen molar-refractivity contribution in [3.63, 3.8) is 0 Å². The van der Waals surface area contributed by atoms with E-state index >= 15 is 0 Å². The zero-order chi connectivity index (χ0) is 15.5. The molecule has 2 aromatic rings. The van der Waals surface area contributed by atoms with Gasteiger partial charge in [-0.05, 0) is 56.4 Å². The van der Waals surface area contributed by atoms with Gasteiger partial charge >= 0.3 is 0 Å². The Labute approximate surface area is 141 Å². The molecule has 1 aliphatic rings. The second-order valence-corrected chi connectivity index (χ2v) is 5.93. The maximum atomic E-state index is 12.4. The van der Waals surface area contributed by atoms with Gasteiger partial charge in [0, 0.05) is 17.6 Å². The molecule has 0 atom stereocenters. The molecule has 0 aliphatic heterocycles. The minimum Gasteiger partial charge on any atom is -0.349 e. The molecule has 0 unspecified atom stereocenters. The zero-order valence-electron chi connectivity index (χ0n) is 13.1. The summed E-state index contributed by atoms with van der Waals surface area (Å²) in [5, 5.41) is 7.22. The van der Waals surface area contributed by atoms with Crippen LogP contribution in [0.25, 0.3) is 5.69 Å². The number of aryl methyl sites for hydroxylation is 1. The van der Waals surface area contributed by atoms with Gasteiger partial charge in [-0.3, -0.25) is 4.79 Å². The number of carbonyl (C=O) groups excluding carboxylic acids is 1. The lowest BCUT2D eigenvalue weighted by Crippen LogP contribution is -2.40. The van der Waals surface area contributed by atoms with Crippen LogP contribution >= 0.6 is 12.4 Å². The molecule has 1 amide bonds. The highest BCUT2D eigenvalue weighted by Gasteiger charge is 2.20. The Kier molecular flexibility index (Phi) is 5.74. The van der Waals surface area contributed by atoms with Crippen LogP contribution < -0.4 is 11.1 Å². The maximum Gasteiger partial charge on any atom is 0.251 e. The Morgan fingerprint density at radius 3 is 2.65 bits per heavy atom. The minimum absolute atomic E-state index is 0. The first-order valence-corrected chi connectivity index (χ1v) is 7.65. The van der Waals surface area contributed by atoms with Gasteiger partial charge in [0.15, 0.2) is 0 Å². The molecular weight excluding hydrogens is 314 g/mol. The molecule has 0 spiro atoms. The molecule has 3 N–H and O–H groups in total. The predicted molar refractivity (Wildman–Crippen MR) is 91.0 cm³/mol. The number of nitrogens with one attached hydrogen (secondary N) is 1. The Morgan fingerprint density at radius 2 is 2.04 bits per heavy atom. The summed E-state index contributed by atoms with van der Waals surface area (Å²) in [6, 6.07) is 6.14. The van der Waals surface area contributed by atoms with Crippen molar-refractivity contribution in [1.29, 1.82) is 0 Å². The average Bonchev–Trinajstić information content (AvgIpc) is 3.03. The summed E-state index contributed by atoms with van der Waals surface area (Å²) in [7, 11) is 0. The van der Waals surface area contributed by atoms with Crippen LogP contribution in [0.2, 0.25) is 0 Å². The molecule has 23 heavy (non-hydrogen) atoms. The summed E-state index contributed by atoms with van der Waals surface area (Å²) in [4.78, 5) is 16.3. The van der Waals surface area contributed by atoms with E-state index in [0.29, 0.717) is 5.56 Å². The molecule has 0 bridgehead atoms. The first-order valence-electron chi connectivity index (χ1n) is 7.65. The predicted octanol–water partition coefficient (Wildman–Crippen LogP) is 2.00. The summed E-state index contributed by atoms with van der Waals surface area (Å²) in [5.41, 5.74) is 8.49. The molecule has 7 heteroatoms. The Hall–Kier alpha value is -1.92. The topological polar surface area (TPSA) is 85.8 Å². The van der Waals surface area contributed by atoms with Crippen molar-refractivity contribution in [2.75, 3.05) is 0 Å². The summed E-state index contributed by atoms with van der Waals surface area (Å²) in [5.74, 6) is -0.0197. The first kappa shape index (κ1) is 17.4. The third kappa shape index (κ3) is 4.09. The maximum absolute atomic E-state index is 12.4. The van der Waals surface area contributed by atoms with Crippen LogP contribution in [0.4, 0.5) is 0 Å². The number of amides is 1. The van der Waals surface area contributed by atoms with Crippen LogP contribution in [0.1, 0.15) is 41.6 Å². The molecule has 0 radical (unpaired) electrons. The molecular formula is C16H22ClN5O. The molecule has 3 rings (SSSR count). The number of benzene rings is 1. The average molecular weight is 336 g/mol. The number of carbonyl (C=O) groups is 1. The molecule has 1 heterocycles. The van der Waals surface area contributed by atoms with Crippen LogP contribution in [0, 0.1) is 6.92 Å². The van der Waals surface area contributed by atoms with Gasteiger partial charge in [-0.1, -0.05) is 0 Å². The fraction of sp³-hybridized carbons (Fsp3) is 0.438. The standard InChI is InChI=1S/C16H21N5O.ClH/c1-11-8-12(2-7-15(11)21-10-18-9-19-21)16(22)20-14-5-3-13(17)4-6-14;/h2,7-10,13-14H,3-6,17H2,1H3,(H,20,22);1H. The van der Waals surface area contributed by atoms with Crippen LogP contribution in [-0.4, -0.2) is 32.8 Å². The van der Waals surface area contributed by atoms with Gasteiger partial charge in [-0.2, -0.15) is 5.10 Å². The molecule has 1 aromatic carbocycles. The van der Waals surface area contributed by atoms with Crippen LogP contribution in [0.5, 0.6) is 0 Å². The van der Waals surface area contributed by atoms with Gasteiger partial charge in [0.05, 0.1) is 5.69 Å². The molecule has 6 nitrogen and oxygen atoms in total. The van der Waals surface area contributed by atoms with Crippen molar-refractivity contribution in [1.82, 2.24) is 20.1 Å². The monoisotopic (exact) mass is 335 g/mol. The minimum atomic E-state index is -0.0197. The number of hydrogen-bond donors (Lipinski definition) is 2. The third-order valence-corrected chi connectivity index (χ3v) is 4.23. The van der Waals surface area contributed by atoms with Gasteiger partial charge in [-0.15, -0.1) is 12.4 Å². The molecule has 0 saturated heterocycles. The van der Waals surface area contributed by atoms with Crippen LogP contribution in [0.3, 0.4) is 0 Å². The van der Waals surface area contributed by atoms with E-state index < -0.39 is 0 Å². The number of halogens is 1. The molecule has 1 aliphatic carbocycles. The molecule has 1 aromatic heterocycles. The Balaban J connectivity index is 0.00000192. The number of aromatic nitrogens is 3. The third-order valence-electron chi connectivity index (χ3n) is 4.23. The van der Waals surface area contributed by atoms with E-state index in [-0.39, 0.29) is 30.4 Å². The van der Waals surface area contributed by atoms with Crippen molar-refractivity contribution in [2.45, 2.75) is 44.7 Å². The summed E-state index contributed by atoms with van der Waals surface area (Å²) in [6.45, 7) is 1.97. The fourth-order valence-corrected chi connectivity index (χ4v) is 2.92. The first-order chi connectivity index (χ1) is 10.6. The van der Waals surface area contributed by atoms with Gasteiger partial charge in [0.25, 0.3) is 5.91 Å². The van der Waals surface area contributed by atoms with Gasteiger partial charge in [-0.25, -0.2) is 9.67 Å². The van der Waals surface area contributed by atoms with E-state index in [1.54, 1.807) is 11.0 Å². The van der Waals surface area contributed by atoms with E-state index in [4.69, 9.17) is 5.73 Å². The lowest BCUT2D eigenvalue weighted by molar-refractivity contribution is 0.0926. The largest absolute Gasteiger partial charge is 0.349 e. The van der Waals surface area contributed by atoms with Gasteiger partial charge in [0.2, 0.25) is 0 Å². The lowest BCUT2D eigenvalue weighted by Gasteiger charge is -2.26. The second kappa shape index (κ2) is 7.57. The summed E-state index contributed by atoms with van der Waals surface area (Å²) >= 11 is 0. The zero-order valence-corrected chi connectivity index (χ0v) is 13.9. The van der Waals surface area contributed by atoms with Crippen molar-refractivity contribution >= 4 is 18.3 Å². The lowest BCUT2D eigenvalue weighted by atomic mass is 9.91. The highest BCUT2D eigenvalue weighted by molar-refractivity contribution is 5.94.